The van der Waals surface area contributed by atoms with E-state index in [0.717, 1.165) is 0 Å². The highest BCUT2D eigenvalue weighted by molar-refractivity contribution is 6.46. The van der Waals surface area contributed by atoms with Crippen molar-refractivity contribution in [1.82, 2.24) is 13.7 Å². The quantitative estimate of drug-likeness (QED) is 0.147. The maximum atomic E-state index is 2.50. The zero-order valence-electron chi connectivity index (χ0n) is 73.6. The number of rotatable bonds is 6. The Balaban J connectivity index is 0.000000101. The van der Waals surface area contributed by atoms with E-state index in [-0.39, 0.29) is 0 Å². The maximum absolute atomic E-state index is 2.50. The Morgan fingerprint density at radius 1 is 0.111 bits per heavy atom. The summed E-state index contributed by atoms with van der Waals surface area (Å²) in [6, 6.07) is 180. The number of aromatic nitrogens is 3. The van der Waals surface area contributed by atoms with Crippen molar-refractivity contribution in [3.63, 3.8) is 0 Å². The SMILES string of the molecule is c1cc(-c2ccc3ccccc3c2)cc(-n2c3ccccc3c3c4c5ccccc5c5ccccc5c4c4ccccc4c32)c1.c1ccc2c(-c3ccc(-n4c5ccccc5c5c6c7ccccc7c7ccccc7c6c6ccccc6c54)cc3)cccc2c1.c1ccc2cc(-c3ccc(-n4c5ccccc5c5c6c7ccccc7c7ccccc7c6c6ccccc6c54)cc3)ccc2c1. The van der Waals surface area contributed by atoms with E-state index in [0.29, 0.717) is 0 Å². The summed E-state index contributed by atoms with van der Waals surface area (Å²) in [6.07, 6.45) is 0. The molecule has 3 aromatic heterocycles. The summed E-state index contributed by atoms with van der Waals surface area (Å²) < 4.78 is 7.48. The molecule has 624 valence electrons. The molecule has 0 saturated carbocycles. The van der Waals surface area contributed by atoms with Crippen molar-refractivity contribution in [2.24, 2.45) is 0 Å². The third-order valence-electron chi connectivity index (χ3n) is 29.1. The van der Waals surface area contributed by atoms with Crippen molar-refractivity contribution in [2.45, 2.75) is 0 Å². The third-order valence-corrected chi connectivity index (χ3v) is 29.1. The summed E-state index contributed by atoms with van der Waals surface area (Å²) in [4.78, 5) is 0. The lowest BCUT2D eigenvalue weighted by molar-refractivity contribution is 1.19. The second kappa shape index (κ2) is 30.4. The standard InChI is InChI=1S/3C44H27N/c1-2-14-31-28(12-1)13-11-22-32(31)29-24-26-30(27-25-29)45-40-23-10-9-21-39(40)43-42-36-18-6-4-16-34(36)33-15-3-5-17-35(33)41(42)37-19-7-8-20-38(37)44(43)45;1-2-13-29-26-31(25-24-28(29)12-1)30-14-11-15-32(27-30)45-40-23-10-9-22-39(40)43-42-36-19-6-4-17-34(36)33-16-3-5-18-35(33)41(42)37-20-7-8-21-38(37)44(43)45;1-2-12-30-27-31(22-21-28(30)11-1)29-23-25-32(26-24-29)45-40-20-10-9-19-39(40)43-42-36-16-6-4-14-34(36)33-13-3-5-15-35(33)41(42)37-17-7-8-18-38(37)44(43)45/h3*1-27H. The van der Waals surface area contributed by atoms with Gasteiger partial charge in [0.1, 0.15) is 0 Å². The lowest BCUT2D eigenvalue weighted by atomic mass is 9.88. The van der Waals surface area contributed by atoms with Gasteiger partial charge in [-0.05, 0) is 229 Å². The van der Waals surface area contributed by atoms with Gasteiger partial charge in [-0.2, -0.15) is 0 Å². The Hall–Kier alpha value is -17.8. The molecule has 0 unspecified atom stereocenters. The highest BCUT2D eigenvalue weighted by atomic mass is 15.0. The number of benzene rings is 27. The number of hydrogen-bond acceptors (Lipinski definition) is 0. The molecule has 3 nitrogen and oxygen atoms in total. The minimum Gasteiger partial charge on any atom is -0.309 e. The van der Waals surface area contributed by atoms with Crippen LogP contribution in [0.25, 0.3) is 277 Å². The first kappa shape index (κ1) is 76.1. The molecule has 0 atom stereocenters. The minimum absolute atomic E-state index is 1.17. The van der Waals surface area contributed by atoms with Gasteiger partial charge in [0.15, 0.2) is 0 Å². The van der Waals surface area contributed by atoms with Crippen molar-refractivity contribution in [1.29, 1.82) is 0 Å². The van der Waals surface area contributed by atoms with Crippen LogP contribution >= 0.6 is 0 Å². The van der Waals surface area contributed by atoms with Gasteiger partial charge in [0.25, 0.3) is 0 Å². The molecule has 0 N–H and O–H groups in total. The van der Waals surface area contributed by atoms with Crippen molar-refractivity contribution in [2.75, 3.05) is 0 Å². The van der Waals surface area contributed by atoms with Crippen LogP contribution in [0.15, 0.2) is 491 Å². The first-order valence-electron chi connectivity index (χ1n) is 46.9. The summed E-state index contributed by atoms with van der Waals surface area (Å²) in [5, 5.41) is 46.7. The van der Waals surface area contributed by atoms with Gasteiger partial charge in [-0.3, -0.25) is 0 Å². The van der Waals surface area contributed by atoms with Crippen LogP contribution in [-0.4, -0.2) is 13.7 Å². The van der Waals surface area contributed by atoms with Crippen LogP contribution in [0.1, 0.15) is 0 Å². The van der Waals surface area contributed by atoms with Crippen LogP contribution in [0.2, 0.25) is 0 Å². The number of para-hydroxylation sites is 3. The second-order valence-electron chi connectivity index (χ2n) is 36.2. The largest absolute Gasteiger partial charge is 0.309 e. The zero-order chi connectivity index (χ0) is 88.5. The van der Waals surface area contributed by atoms with E-state index >= 15 is 0 Å². The van der Waals surface area contributed by atoms with E-state index in [4.69, 9.17) is 0 Å². The third kappa shape index (κ3) is 11.6. The molecule has 3 heterocycles. The first-order chi connectivity index (χ1) is 67.1. The van der Waals surface area contributed by atoms with E-state index in [1.54, 1.807) is 0 Å². The molecule has 0 bridgehead atoms. The molecule has 3 heteroatoms. The predicted molar refractivity (Wildman–Crippen MR) is 581 cm³/mol. The molecule has 0 spiro atoms. The topological polar surface area (TPSA) is 14.8 Å². The first-order valence-corrected chi connectivity index (χ1v) is 46.9. The van der Waals surface area contributed by atoms with Gasteiger partial charge in [0, 0.05) is 81.7 Å². The molecule has 0 radical (unpaired) electrons. The van der Waals surface area contributed by atoms with Crippen LogP contribution < -0.4 is 0 Å². The smallest absolute Gasteiger partial charge is 0.0626 e. The van der Waals surface area contributed by atoms with Crippen LogP contribution in [0.3, 0.4) is 0 Å². The highest BCUT2D eigenvalue weighted by Gasteiger charge is 2.28. The Kier molecular flexibility index (Phi) is 17.2. The molecule has 0 aliphatic heterocycles. The normalized spacial score (nSPS) is 12.0. The Morgan fingerprint density at radius 3 is 0.726 bits per heavy atom. The molecular weight excluding hydrogens is 1630 g/mol. The van der Waals surface area contributed by atoms with Gasteiger partial charge < -0.3 is 13.7 Å². The zero-order valence-corrected chi connectivity index (χ0v) is 73.6. The summed E-state index contributed by atoms with van der Waals surface area (Å²) >= 11 is 0. The molecule has 0 aliphatic rings. The van der Waals surface area contributed by atoms with E-state index in [1.165, 1.54) is 277 Å². The molecule has 0 saturated heterocycles. The fourth-order valence-corrected chi connectivity index (χ4v) is 23.4. The molecule has 0 fully saturated rings. The number of hydrogen-bond donors (Lipinski definition) is 0. The summed E-state index contributed by atoms with van der Waals surface area (Å²) in [6.45, 7) is 0. The van der Waals surface area contributed by atoms with Gasteiger partial charge in [-0.25, -0.2) is 0 Å². The van der Waals surface area contributed by atoms with E-state index in [9.17, 15) is 0 Å². The average Bonchev–Trinajstić information content (AvgIpc) is 1.67. The van der Waals surface area contributed by atoms with Gasteiger partial charge in [0.2, 0.25) is 0 Å². The predicted octanol–water partition coefficient (Wildman–Crippen LogP) is 36.7. The average molecular weight is 1710 g/mol. The van der Waals surface area contributed by atoms with Crippen LogP contribution in [0.4, 0.5) is 0 Å². The van der Waals surface area contributed by atoms with Crippen molar-refractivity contribution >= 4 is 227 Å². The van der Waals surface area contributed by atoms with Crippen molar-refractivity contribution in [3.05, 3.63) is 491 Å². The Morgan fingerprint density at radius 2 is 0.356 bits per heavy atom. The monoisotopic (exact) mass is 1710 g/mol. The van der Waals surface area contributed by atoms with E-state index in [1.807, 2.05) is 0 Å². The Labute approximate surface area is 776 Å². The molecule has 135 heavy (non-hydrogen) atoms. The van der Waals surface area contributed by atoms with Crippen LogP contribution in [-0.2, 0) is 0 Å². The fourth-order valence-electron chi connectivity index (χ4n) is 23.4. The molecular formula is C132H81N3. The lowest BCUT2D eigenvalue weighted by Crippen LogP contribution is -1.96. The molecule has 30 aromatic rings. The van der Waals surface area contributed by atoms with Crippen molar-refractivity contribution < 1.29 is 0 Å². The van der Waals surface area contributed by atoms with Crippen LogP contribution in [0, 0.1) is 0 Å². The minimum atomic E-state index is 1.17. The van der Waals surface area contributed by atoms with E-state index < -0.39 is 0 Å². The number of fused-ring (bicyclic) bond motifs is 42. The fraction of sp³-hybridized carbons (Fsp3) is 0. The Bertz CT molecular complexity index is 10300. The van der Waals surface area contributed by atoms with E-state index in [2.05, 4.69) is 505 Å². The highest BCUT2D eigenvalue weighted by Crippen LogP contribution is 2.53. The summed E-state index contributed by atoms with van der Waals surface area (Å²) in [5.74, 6) is 0. The van der Waals surface area contributed by atoms with Gasteiger partial charge in [-0.1, -0.05) is 425 Å². The summed E-state index contributed by atoms with van der Waals surface area (Å²) in [5.41, 5.74) is 18.3. The molecule has 0 aliphatic carbocycles. The lowest BCUT2D eigenvalue weighted by Gasteiger charge is -2.16. The molecule has 30 rings (SSSR count). The number of nitrogens with zero attached hydrogens (tertiary/aromatic N) is 3. The second-order valence-corrected chi connectivity index (χ2v) is 36.2. The molecule has 27 aromatic carbocycles. The summed E-state index contributed by atoms with van der Waals surface area (Å²) in [7, 11) is 0. The maximum Gasteiger partial charge on any atom is 0.0626 e. The van der Waals surface area contributed by atoms with Crippen LogP contribution in [0.5, 0.6) is 0 Å². The van der Waals surface area contributed by atoms with Gasteiger partial charge in [-0.15, -0.1) is 0 Å². The van der Waals surface area contributed by atoms with Gasteiger partial charge in [0.05, 0.1) is 33.1 Å². The molecule has 0 amide bonds. The van der Waals surface area contributed by atoms with Crippen molar-refractivity contribution in [3.8, 4) is 50.4 Å². The van der Waals surface area contributed by atoms with Gasteiger partial charge >= 0.3 is 0 Å².